The molecule has 0 bridgehead atoms. The van der Waals surface area contributed by atoms with E-state index < -0.39 is 11.9 Å². The van der Waals surface area contributed by atoms with Crippen molar-refractivity contribution in [2.75, 3.05) is 20.7 Å². The van der Waals surface area contributed by atoms with Crippen LogP contribution in [-0.2, 0) is 30.3 Å². The molecule has 3 rings (SSSR count). The Morgan fingerprint density at radius 2 is 2.00 bits per heavy atom. The first kappa shape index (κ1) is 19.3. The molecular formula is C20H29NO5. The number of nitrogens with zero attached hydrogens (tertiary/aromatic N) is 1. The second kappa shape index (κ2) is 7.64. The lowest BCUT2D eigenvalue weighted by atomic mass is 9.94. The highest BCUT2D eigenvalue weighted by molar-refractivity contribution is 5.83. The van der Waals surface area contributed by atoms with Gasteiger partial charge in [-0.15, -0.1) is 0 Å². The maximum Gasteiger partial charge on any atom is 0.253 e. The van der Waals surface area contributed by atoms with Gasteiger partial charge in [-0.2, -0.15) is 0 Å². The number of carbonyl (C=O) groups excluding carboxylic acids is 1. The van der Waals surface area contributed by atoms with Crippen molar-refractivity contribution in [3.63, 3.8) is 0 Å². The number of epoxide rings is 1. The van der Waals surface area contributed by atoms with Gasteiger partial charge in [-0.05, 0) is 19.4 Å². The third kappa shape index (κ3) is 4.43. The van der Waals surface area contributed by atoms with Crippen LogP contribution in [0.15, 0.2) is 30.3 Å². The molecule has 2 heterocycles. The fourth-order valence-corrected chi connectivity index (χ4v) is 3.41. The number of ether oxygens (including phenoxy) is 4. The van der Waals surface area contributed by atoms with Crippen molar-refractivity contribution in [1.82, 2.24) is 4.90 Å². The minimum atomic E-state index is -0.623. The zero-order valence-corrected chi connectivity index (χ0v) is 16.2. The summed E-state index contributed by atoms with van der Waals surface area (Å²) in [6, 6.07) is 10.0. The highest BCUT2D eigenvalue weighted by Gasteiger charge is 2.53. The van der Waals surface area contributed by atoms with E-state index in [2.05, 4.69) is 6.92 Å². The molecule has 2 fully saturated rings. The van der Waals surface area contributed by atoms with E-state index in [0.717, 1.165) is 5.56 Å². The highest BCUT2D eigenvalue weighted by atomic mass is 16.7. The lowest BCUT2D eigenvalue weighted by molar-refractivity contribution is -0.164. The molecule has 2 saturated heterocycles. The van der Waals surface area contributed by atoms with Crippen molar-refractivity contribution in [2.45, 2.75) is 57.6 Å². The Bertz CT molecular complexity index is 618. The van der Waals surface area contributed by atoms with Gasteiger partial charge in [0.25, 0.3) is 5.91 Å². The molecule has 26 heavy (non-hydrogen) atoms. The molecule has 0 spiro atoms. The van der Waals surface area contributed by atoms with Crippen LogP contribution in [0.3, 0.4) is 0 Å². The van der Waals surface area contributed by atoms with Crippen LogP contribution >= 0.6 is 0 Å². The Kier molecular flexibility index (Phi) is 5.67. The van der Waals surface area contributed by atoms with Gasteiger partial charge in [-0.3, -0.25) is 4.79 Å². The summed E-state index contributed by atoms with van der Waals surface area (Å²) in [7, 11) is 3.48. The number of benzene rings is 1. The Balaban J connectivity index is 1.68. The van der Waals surface area contributed by atoms with E-state index in [1.54, 1.807) is 19.0 Å². The van der Waals surface area contributed by atoms with Crippen LogP contribution in [0.2, 0.25) is 0 Å². The molecule has 0 aromatic heterocycles. The van der Waals surface area contributed by atoms with Gasteiger partial charge in [0.2, 0.25) is 0 Å². The van der Waals surface area contributed by atoms with Crippen molar-refractivity contribution >= 4 is 5.91 Å². The Hall–Kier alpha value is -1.47. The van der Waals surface area contributed by atoms with Crippen LogP contribution in [-0.4, -0.2) is 61.7 Å². The average Bonchev–Trinajstić information content (AvgIpc) is 3.32. The largest absolute Gasteiger partial charge is 0.370 e. The van der Waals surface area contributed by atoms with Crippen molar-refractivity contribution in [3.8, 4) is 0 Å². The molecule has 0 radical (unpaired) electrons. The maximum absolute atomic E-state index is 12.2. The fraction of sp³-hybridized carbons (Fsp3) is 0.650. The molecular weight excluding hydrogens is 334 g/mol. The summed E-state index contributed by atoms with van der Waals surface area (Å²) in [5.41, 5.74) is 1.10. The molecule has 144 valence electrons. The summed E-state index contributed by atoms with van der Waals surface area (Å²) in [6.07, 6.45) is -0.957. The van der Waals surface area contributed by atoms with Gasteiger partial charge in [0, 0.05) is 20.0 Å². The van der Waals surface area contributed by atoms with Crippen LogP contribution in [0.4, 0.5) is 0 Å². The first-order chi connectivity index (χ1) is 12.3. The van der Waals surface area contributed by atoms with Crippen LogP contribution in [0.25, 0.3) is 0 Å². The molecule has 6 nitrogen and oxygen atoms in total. The van der Waals surface area contributed by atoms with E-state index in [4.69, 9.17) is 18.9 Å². The van der Waals surface area contributed by atoms with Crippen LogP contribution in [0.1, 0.15) is 26.3 Å². The maximum atomic E-state index is 12.2. The van der Waals surface area contributed by atoms with Crippen molar-refractivity contribution in [1.29, 1.82) is 0 Å². The number of likely N-dealkylation sites (N-methyl/N-ethyl adjacent to an activating group) is 1. The summed E-state index contributed by atoms with van der Waals surface area (Å²) in [6.45, 7) is 6.80. The van der Waals surface area contributed by atoms with Gasteiger partial charge in [0.15, 0.2) is 11.9 Å². The first-order valence-corrected chi connectivity index (χ1v) is 9.12. The predicted octanol–water partition coefficient (Wildman–Crippen LogP) is 2.21. The Morgan fingerprint density at radius 3 is 2.58 bits per heavy atom. The average molecular weight is 363 g/mol. The standard InChI is InChI=1S/C20H29NO5/c1-13(17-18(25-17)19(22)21(4)5)16(15-12-24-20(2,3)26-15)23-11-14-9-7-6-8-10-14/h6-10,13,15-18H,11-12H2,1-5H3/t13-,15-,16+,17+,18-/m1/s1. The predicted molar refractivity (Wildman–Crippen MR) is 96.4 cm³/mol. The van der Waals surface area contributed by atoms with Gasteiger partial charge in [0.05, 0.1) is 25.4 Å². The SMILES string of the molecule is C[C@H]([C@H](OCc1ccccc1)[C@H]1COC(C)(C)O1)[C@@H]1O[C@H]1C(=O)N(C)C. The third-order valence-corrected chi connectivity index (χ3v) is 4.93. The third-order valence-electron chi connectivity index (χ3n) is 4.93. The van der Waals surface area contributed by atoms with Gasteiger partial charge in [-0.1, -0.05) is 37.3 Å². The minimum absolute atomic E-state index is 0.00687. The molecule has 0 saturated carbocycles. The van der Waals surface area contributed by atoms with E-state index in [0.29, 0.717) is 13.2 Å². The molecule has 0 N–H and O–H groups in total. The van der Waals surface area contributed by atoms with Gasteiger partial charge in [-0.25, -0.2) is 0 Å². The van der Waals surface area contributed by atoms with E-state index in [9.17, 15) is 4.79 Å². The monoisotopic (exact) mass is 363 g/mol. The van der Waals surface area contributed by atoms with Crippen LogP contribution in [0, 0.1) is 5.92 Å². The lowest BCUT2D eigenvalue weighted by Gasteiger charge is -2.29. The molecule has 5 atom stereocenters. The van der Waals surface area contributed by atoms with E-state index in [1.165, 1.54) is 0 Å². The van der Waals surface area contributed by atoms with Gasteiger partial charge in [0.1, 0.15) is 6.10 Å². The topological polar surface area (TPSA) is 60.5 Å². The summed E-state index contributed by atoms with van der Waals surface area (Å²) >= 11 is 0. The quantitative estimate of drug-likeness (QED) is 0.695. The molecule has 2 aliphatic heterocycles. The molecule has 0 unspecified atom stereocenters. The summed E-state index contributed by atoms with van der Waals surface area (Å²) in [5.74, 6) is -0.621. The van der Waals surface area contributed by atoms with Gasteiger partial charge < -0.3 is 23.8 Å². The molecule has 1 aromatic carbocycles. The number of amides is 1. The van der Waals surface area contributed by atoms with E-state index >= 15 is 0 Å². The van der Waals surface area contributed by atoms with Crippen LogP contribution < -0.4 is 0 Å². The molecule has 2 aliphatic rings. The molecule has 0 aliphatic carbocycles. The van der Waals surface area contributed by atoms with E-state index in [1.807, 2.05) is 44.2 Å². The zero-order chi connectivity index (χ0) is 18.9. The van der Waals surface area contributed by atoms with Gasteiger partial charge >= 0.3 is 0 Å². The normalized spacial score (nSPS) is 29.2. The number of hydrogen-bond acceptors (Lipinski definition) is 5. The van der Waals surface area contributed by atoms with Crippen LogP contribution in [0.5, 0.6) is 0 Å². The number of carbonyl (C=O) groups is 1. The second-order valence-electron chi connectivity index (χ2n) is 7.74. The highest BCUT2D eigenvalue weighted by Crippen LogP contribution is 2.37. The summed E-state index contributed by atoms with van der Waals surface area (Å²) < 4.78 is 23.7. The fourth-order valence-electron chi connectivity index (χ4n) is 3.41. The second-order valence-corrected chi connectivity index (χ2v) is 7.74. The molecule has 6 heteroatoms. The smallest absolute Gasteiger partial charge is 0.253 e. The lowest BCUT2D eigenvalue weighted by Crippen LogP contribution is -2.41. The first-order valence-electron chi connectivity index (χ1n) is 9.12. The Labute approximate surface area is 155 Å². The van der Waals surface area contributed by atoms with Crippen molar-refractivity contribution < 1.29 is 23.7 Å². The molecule has 1 aromatic rings. The Morgan fingerprint density at radius 1 is 1.31 bits per heavy atom. The van der Waals surface area contributed by atoms with Crippen molar-refractivity contribution in [2.24, 2.45) is 5.92 Å². The summed E-state index contributed by atoms with van der Waals surface area (Å²) in [5, 5.41) is 0. The summed E-state index contributed by atoms with van der Waals surface area (Å²) in [4.78, 5) is 13.7. The van der Waals surface area contributed by atoms with Crippen molar-refractivity contribution in [3.05, 3.63) is 35.9 Å². The van der Waals surface area contributed by atoms with E-state index in [-0.39, 0.29) is 30.1 Å². The minimum Gasteiger partial charge on any atom is -0.370 e. The molecule has 1 amide bonds. The zero-order valence-electron chi connectivity index (χ0n) is 16.2. The number of hydrogen-bond donors (Lipinski definition) is 0. The number of rotatable bonds is 7.